The summed E-state index contributed by atoms with van der Waals surface area (Å²) in [5.74, 6) is 0. The maximum absolute atomic E-state index is 6.24. The lowest BCUT2D eigenvalue weighted by molar-refractivity contribution is 0.137. The van der Waals surface area contributed by atoms with E-state index in [-0.39, 0.29) is 12.7 Å². The van der Waals surface area contributed by atoms with Gasteiger partial charge in [-0.25, -0.2) is 0 Å². The standard InChI is InChI=1S/C28H25BO2Si/c1-28(2)20-30-29(31-28)21-17-18-25-24-15-9-10-16-26(24)32(27(25)19-21,22-11-5-3-6-12-22)23-13-7-4-8-14-23/h3-19H,20H2,1-2H3. The predicted molar refractivity (Wildman–Crippen MR) is 136 cm³/mol. The summed E-state index contributed by atoms with van der Waals surface area (Å²) in [6.07, 6.45) is 0. The summed E-state index contributed by atoms with van der Waals surface area (Å²) >= 11 is 0. The summed E-state index contributed by atoms with van der Waals surface area (Å²) in [4.78, 5) is 0. The molecule has 0 radical (unpaired) electrons. The van der Waals surface area contributed by atoms with Crippen LogP contribution in [0.15, 0.2) is 103 Å². The molecule has 2 nitrogen and oxygen atoms in total. The van der Waals surface area contributed by atoms with E-state index in [1.54, 1.807) is 0 Å². The monoisotopic (exact) mass is 432 g/mol. The molecule has 0 unspecified atom stereocenters. The molecule has 2 aliphatic rings. The zero-order valence-electron chi connectivity index (χ0n) is 18.4. The molecule has 0 spiro atoms. The predicted octanol–water partition coefficient (Wildman–Crippen LogP) is 2.56. The lowest BCUT2D eigenvalue weighted by Gasteiger charge is -2.31. The van der Waals surface area contributed by atoms with E-state index in [4.69, 9.17) is 9.31 Å². The van der Waals surface area contributed by atoms with Gasteiger partial charge in [0.25, 0.3) is 0 Å². The Morgan fingerprint density at radius 1 is 0.688 bits per heavy atom. The first-order valence-electron chi connectivity index (χ1n) is 11.2. The highest BCUT2D eigenvalue weighted by Gasteiger charge is 2.49. The highest BCUT2D eigenvalue weighted by Crippen LogP contribution is 2.28. The lowest BCUT2D eigenvalue weighted by atomic mass is 9.78. The normalized spacial score (nSPS) is 17.8. The molecule has 0 atom stereocenters. The molecule has 0 aliphatic carbocycles. The van der Waals surface area contributed by atoms with E-state index in [2.05, 4.69) is 117 Å². The van der Waals surface area contributed by atoms with Crippen LogP contribution in [0.4, 0.5) is 0 Å². The quantitative estimate of drug-likeness (QED) is 0.408. The SMILES string of the molecule is CC1(C)COB(c2ccc3c(c2)[Si](c2ccccc2)(c2ccccc2)c2ccccc2-3)O1. The minimum atomic E-state index is -2.46. The third-order valence-corrected chi connectivity index (χ3v) is 11.6. The van der Waals surface area contributed by atoms with Crippen LogP contribution in [-0.4, -0.2) is 27.4 Å². The highest BCUT2D eigenvalue weighted by atomic mass is 28.3. The average Bonchev–Trinajstić information content (AvgIpc) is 3.35. The van der Waals surface area contributed by atoms with Gasteiger partial charge in [-0.2, -0.15) is 0 Å². The summed E-state index contributed by atoms with van der Waals surface area (Å²) in [5.41, 5.74) is 3.52. The van der Waals surface area contributed by atoms with Crippen LogP contribution >= 0.6 is 0 Å². The summed E-state index contributed by atoms with van der Waals surface area (Å²) < 4.78 is 12.3. The zero-order chi connectivity index (χ0) is 21.8. The van der Waals surface area contributed by atoms with Crippen LogP contribution in [0, 0.1) is 0 Å². The minimum Gasteiger partial charge on any atom is -0.404 e. The van der Waals surface area contributed by atoms with Gasteiger partial charge < -0.3 is 9.31 Å². The molecule has 1 fully saturated rings. The summed E-state index contributed by atoms with van der Waals surface area (Å²) in [6, 6.07) is 37.9. The van der Waals surface area contributed by atoms with Crippen molar-refractivity contribution in [2.45, 2.75) is 19.4 Å². The van der Waals surface area contributed by atoms with Crippen molar-refractivity contribution in [3.63, 3.8) is 0 Å². The first kappa shape index (κ1) is 19.7. The fourth-order valence-corrected chi connectivity index (χ4v) is 10.6. The Kier molecular flexibility index (Phi) is 4.51. The van der Waals surface area contributed by atoms with Gasteiger partial charge in [0.2, 0.25) is 0 Å². The molecule has 2 heterocycles. The molecular weight excluding hydrogens is 407 g/mol. The third kappa shape index (κ3) is 2.87. The molecule has 0 N–H and O–H groups in total. The Balaban J connectivity index is 1.66. The first-order valence-corrected chi connectivity index (χ1v) is 13.2. The van der Waals surface area contributed by atoms with E-state index in [9.17, 15) is 0 Å². The average molecular weight is 432 g/mol. The van der Waals surface area contributed by atoms with Crippen LogP contribution in [0.1, 0.15) is 13.8 Å². The van der Waals surface area contributed by atoms with E-state index in [0.29, 0.717) is 6.61 Å². The van der Waals surface area contributed by atoms with Gasteiger partial charge in [-0.1, -0.05) is 103 Å². The van der Waals surface area contributed by atoms with E-state index in [1.807, 2.05) is 0 Å². The van der Waals surface area contributed by atoms with Gasteiger partial charge in [-0.15, -0.1) is 0 Å². The zero-order valence-corrected chi connectivity index (χ0v) is 19.4. The van der Waals surface area contributed by atoms with Crippen molar-refractivity contribution in [2.24, 2.45) is 0 Å². The van der Waals surface area contributed by atoms with Crippen LogP contribution in [-0.2, 0) is 9.31 Å². The fraction of sp³-hybridized carbons (Fsp3) is 0.143. The minimum absolute atomic E-state index is 0.264. The topological polar surface area (TPSA) is 18.5 Å². The summed E-state index contributed by atoms with van der Waals surface area (Å²) in [7, 11) is -2.78. The van der Waals surface area contributed by atoms with Crippen LogP contribution in [0.25, 0.3) is 11.1 Å². The second-order valence-electron chi connectivity index (χ2n) is 9.35. The Morgan fingerprint density at radius 2 is 1.28 bits per heavy atom. The first-order chi connectivity index (χ1) is 15.6. The van der Waals surface area contributed by atoms with Gasteiger partial charge in [0.1, 0.15) is 0 Å². The molecular formula is C28H25BO2Si. The van der Waals surface area contributed by atoms with Crippen molar-refractivity contribution in [3.8, 4) is 11.1 Å². The Bertz CT molecular complexity index is 1250. The van der Waals surface area contributed by atoms with Crippen molar-refractivity contribution < 1.29 is 9.31 Å². The molecule has 2 aliphatic heterocycles. The van der Waals surface area contributed by atoms with E-state index >= 15 is 0 Å². The second-order valence-corrected chi connectivity index (χ2v) is 13.1. The van der Waals surface area contributed by atoms with Crippen LogP contribution in [0.5, 0.6) is 0 Å². The Morgan fingerprint density at radius 3 is 1.91 bits per heavy atom. The van der Waals surface area contributed by atoms with E-state index < -0.39 is 8.07 Å². The molecule has 0 aromatic heterocycles. The molecule has 156 valence electrons. The molecule has 32 heavy (non-hydrogen) atoms. The highest BCUT2D eigenvalue weighted by molar-refractivity contribution is 7.22. The van der Waals surface area contributed by atoms with E-state index in [0.717, 1.165) is 5.46 Å². The number of rotatable bonds is 3. The van der Waals surface area contributed by atoms with Crippen LogP contribution in [0.2, 0.25) is 0 Å². The van der Waals surface area contributed by atoms with E-state index in [1.165, 1.54) is 31.9 Å². The molecule has 4 heteroatoms. The van der Waals surface area contributed by atoms with Gasteiger partial charge in [0, 0.05) is 0 Å². The van der Waals surface area contributed by atoms with Crippen LogP contribution < -0.4 is 26.2 Å². The maximum atomic E-state index is 6.24. The maximum Gasteiger partial charge on any atom is 0.494 e. The third-order valence-electron chi connectivity index (χ3n) is 6.76. The van der Waals surface area contributed by atoms with Crippen molar-refractivity contribution in [1.82, 2.24) is 0 Å². The smallest absolute Gasteiger partial charge is 0.404 e. The van der Waals surface area contributed by atoms with Crippen LogP contribution in [0.3, 0.4) is 0 Å². The van der Waals surface area contributed by atoms with Crippen molar-refractivity contribution in [2.75, 3.05) is 6.61 Å². The molecule has 4 aromatic rings. The molecule has 0 amide bonds. The van der Waals surface area contributed by atoms with Gasteiger partial charge >= 0.3 is 7.12 Å². The fourth-order valence-electron chi connectivity index (χ4n) is 5.41. The number of fused-ring (bicyclic) bond motifs is 3. The van der Waals surface area contributed by atoms with Crippen molar-refractivity contribution >= 4 is 41.4 Å². The molecule has 6 rings (SSSR count). The number of benzene rings is 4. The van der Waals surface area contributed by atoms with Gasteiger partial charge in [0.15, 0.2) is 8.07 Å². The van der Waals surface area contributed by atoms with Gasteiger partial charge in [0.05, 0.1) is 12.2 Å². The van der Waals surface area contributed by atoms with Gasteiger partial charge in [-0.3, -0.25) is 0 Å². The summed E-state index contributed by atoms with van der Waals surface area (Å²) in [5, 5.41) is 5.69. The lowest BCUT2D eigenvalue weighted by Crippen LogP contribution is -2.73. The molecule has 0 saturated carbocycles. The Hall–Kier alpha value is -2.92. The summed E-state index contributed by atoms with van der Waals surface area (Å²) in [6.45, 7) is 4.78. The molecule has 1 saturated heterocycles. The van der Waals surface area contributed by atoms with Gasteiger partial charge in [-0.05, 0) is 51.2 Å². The second kappa shape index (κ2) is 7.31. The molecule has 4 aromatic carbocycles. The number of hydrogen-bond acceptors (Lipinski definition) is 2. The largest absolute Gasteiger partial charge is 0.494 e. The van der Waals surface area contributed by atoms with Crippen molar-refractivity contribution in [3.05, 3.63) is 103 Å². The number of hydrogen-bond donors (Lipinski definition) is 0. The molecule has 0 bridgehead atoms. The Labute approximate surface area is 191 Å². The van der Waals surface area contributed by atoms with Crippen molar-refractivity contribution in [1.29, 1.82) is 0 Å².